The fourth-order valence-electron chi connectivity index (χ4n) is 8.01. The number of anilines is 4. The van der Waals surface area contributed by atoms with Crippen molar-refractivity contribution in [3.8, 4) is 11.4 Å². The Morgan fingerprint density at radius 3 is 2.06 bits per heavy atom. The van der Waals surface area contributed by atoms with Crippen LogP contribution in [0.3, 0.4) is 0 Å². The Morgan fingerprint density at radius 1 is 0.809 bits per heavy atom. The van der Waals surface area contributed by atoms with Crippen LogP contribution in [0.1, 0.15) is 61.9 Å². The fraction of sp³-hybridized carbons (Fsp3) is 0.556. The number of hydrogen-bond acceptors (Lipinski definition) is 10. The summed E-state index contributed by atoms with van der Waals surface area (Å²) in [6.07, 6.45) is 11.3. The lowest BCUT2D eigenvalue weighted by Gasteiger charge is -2.46. The number of carbonyl (C=O) groups excluding carboxylic acids is 1. The third-order valence-electron chi connectivity index (χ3n) is 11.1. The third kappa shape index (κ3) is 6.66. The van der Waals surface area contributed by atoms with Crippen LogP contribution in [0, 0.1) is 5.41 Å². The normalized spacial score (nSPS) is 22.6. The molecule has 2 aliphatic carbocycles. The molecular weight excluding hydrogens is 590 g/mol. The maximum atomic E-state index is 12.7. The molecule has 11 heteroatoms. The van der Waals surface area contributed by atoms with Gasteiger partial charge in [-0.05, 0) is 87.8 Å². The van der Waals surface area contributed by atoms with E-state index in [0.29, 0.717) is 34.5 Å². The van der Waals surface area contributed by atoms with Crippen molar-refractivity contribution in [3.63, 3.8) is 0 Å². The number of rotatable bonds is 9. The quantitative estimate of drug-likeness (QED) is 0.309. The Morgan fingerprint density at radius 2 is 1.49 bits per heavy atom. The van der Waals surface area contributed by atoms with Crippen LogP contribution in [0.2, 0.25) is 0 Å². The lowest BCUT2D eigenvalue weighted by molar-refractivity contribution is -0.131. The molecule has 1 aromatic carbocycles. The van der Waals surface area contributed by atoms with Crippen molar-refractivity contribution in [2.24, 2.45) is 11.1 Å². The van der Waals surface area contributed by atoms with E-state index in [1.165, 1.54) is 57.5 Å². The Kier molecular flexibility index (Phi) is 8.45. The number of aromatic nitrogens is 3. The number of piperazine rings is 1. The topological polar surface area (TPSA) is 125 Å². The second kappa shape index (κ2) is 13.0. The number of nitrogens with one attached hydrogen (secondary N) is 2. The summed E-state index contributed by atoms with van der Waals surface area (Å²) < 4.78 is 5.52. The van der Waals surface area contributed by atoms with Gasteiger partial charge in [-0.25, -0.2) is 9.97 Å². The number of pyridine rings is 1. The summed E-state index contributed by atoms with van der Waals surface area (Å²) in [6.45, 7) is 8.78. The average Bonchev–Trinajstić information content (AvgIpc) is 3.95. The summed E-state index contributed by atoms with van der Waals surface area (Å²) in [5.74, 6) is 0.312. The number of piperidine rings is 1. The first kappa shape index (κ1) is 30.5. The van der Waals surface area contributed by atoms with E-state index in [-0.39, 0.29) is 11.7 Å². The number of benzene rings is 1. The first-order valence-electron chi connectivity index (χ1n) is 17.6. The predicted molar refractivity (Wildman–Crippen MR) is 184 cm³/mol. The second-order valence-corrected chi connectivity index (χ2v) is 14.3. The minimum Gasteiger partial charge on any atom is -0.380 e. The van der Waals surface area contributed by atoms with Gasteiger partial charge in [0.05, 0.1) is 18.9 Å². The van der Waals surface area contributed by atoms with Crippen LogP contribution in [-0.4, -0.2) is 101 Å². The molecule has 8 rings (SSSR count). The standard InChI is InChI=1S/C36H47N9O2/c37-33(46)32-35(42-34(31(41-32)30-3-1-2-16-38-30)40-26-10-14-36(15-11-26)23-47-24-36)39-25-4-6-27(7-5-25)43-17-12-29(13-18-43)45-21-19-44(20-22-45)28-8-9-28/h1-7,16,26,28-29H,8-15,17-24H2,(H2,37,46)(H2,39,40,42). The van der Waals surface area contributed by atoms with Gasteiger partial charge in [0.1, 0.15) is 5.69 Å². The smallest absolute Gasteiger partial charge is 0.271 e. The Bertz CT molecular complexity index is 1530. The summed E-state index contributed by atoms with van der Waals surface area (Å²) in [5.41, 5.74) is 9.52. The molecule has 1 amide bonds. The Labute approximate surface area is 277 Å². The number of nitrogens with zero attached hydrogens (tertiary/aromatic N) is 6. The number of nitrogens with two attached hydrogens (primary N) is 1. The molecule has 3 saturated heterocycles. The molecule has 5 heterocycles. The fourth-order valence-corrected chi connectivity index (χ4v) is 8.01. The Hall–Kier alpha value is -3.80. The highest BCUT2D eigenvalue weighted by atomic mass is 16.5. The lowest BCUT2D eigenvalue weighted by atomic mass is 9.71. The van der Waals surface area contributed by atoms with Crippen molar-refractivity contribution in [2.75, 3.05) is 68.0 Å². The van der Waals surface area contributed by atoms with Crippen LogP contribution in [0.15, 0.2) is 48.7 Å². The van der Waals surface area contributed by atoms with Crippen molar-refractivity contribution in [3.05, 3.63) is 54.4 Å². The summed E-state index contributed by atoms with van der Waals surface area (Å²) in [6, 6.07) is 15.9. The molecule has 5 aliphatic rings. The minimum atomic E-state index is -0.637. The molecule has 5 fully saturated rings. The molecule has 47 heavy (non-hydrogen) atoms. The molecule has 2 saturated carbocycles. The van der Waals surface area contributed by atoms with E-state index in [4.69, 9.17) is 20.4 Å². The summed E-state index contributed by atoms with van der Waals surface area (Å²) in [5, 5.41) is 7.01. The van der Waals surface area contributed by atoms with Gasteiger partial charge in [-0.15, -0.1) is 0 Å². The van der Waals surface area contributed by atoms with Gasteiger partial charge in [-0.3, -0.25) is 19.6 Å². The third-order valence-corrected chi connectivity index (χ3v) is 11.1. The van der Waals surface area contributed by atoms with Gasteiger partial charge < -0.3 is 26.0 Å². The van der Waals surface area contributed by atoms with E-state index in [1.54, 1.807) is 6.20 Å². The highest BCUT2D eigenvalue weighted by Crippen LogP contribution is 2.43. The molecule has 4 N–H and O–H groups in total. The predicted octanol–water partition coefficient (Wildman–Crippen LogP) is 4.50. The van der Waals surface area contributed by atoms with Gasteiger partial charge in [0.25, 0.3) is 5.91 Å². The summed E-state index contributed by atoms with van der Waals surface area (Å²) in [7, 11) is 0. The number of amides is 1. The van der Waals surface area contributed by atoms with Crippen LogP contribution < -0.4 is 21.3 Å². The Balaban J connectivity index is 0.951. The molecule has 0 bridgehead atoms. The van der Waals surface area contributed by atoms with E-state index in [0.717, 1.165) is 63.7 Å². The molecule has 248 valence electrons. The van der Waals surface area contributed by atoms with Gasteiger partial charge in [0, 0.05) is 80.4 Å². The zero-order chi connectivity index (χ0) is 31.8. The summed E-state index contributed by atoms with van der Waals surface area (Å²) in [4.78, 5) is 34.8. The highest BCUT2D eigenvalue weighted by molar-refractivity contribution is 5.97. The average molecular weight is 638 g/mol. The molecule has 3 aliphatic heterocycles. The zero-order valence-corrected chi connectivity index (χ0v) is 27.2. The van der Waals surface area contributed by atoms with Crippen LogP contribution in [0.5, 0.6) is 0 Å². The maximum absolute atomic E-state index is 12.7. The van der Waals surface area contributed by atoms with Gasteiger partial charge in [-0.2, -0.15) is 0 Å². The van der Waals surface area contributed by atoms with Crippen molar-refractivity contribution in [2.45, 2.75) is 69.5 Å². The van der Waals surface area contributed by atoms with E-state index < -0.39 is 5.91 Å². The molecule has 2 aromatic heterocycles. The molecule has 0 unspecified atom stereocenters. The lowest BCUT2D eigenvalue weighted by Crippen LogP contribution is -2.53. The molecule has 3 aromatic rings. The summed E-state index contributed by atoms with van der Waals surface area (Å²) >= 11 is 0. The molecule has 0 radical (unpaired) electrons. The minimum absolute atomic E-state index is 0.0922. The molecule has 1 spiro atoms. The van der Waals surface area contributed by atoms with Gasteiger partial charge in [-0.1, -0.05) is 6.07 Å². The van der Waals surface area contributed by atoms with E-state index >= 15 is 0 Å². The maximum Gasteiger partial charge on any atom is 0.271 e. The molecule has 11 nitrogen and oxygen atoms in total. The van der Waals surface area contributed by atoms with Crippen LogP contribution in [0.25, 0.3) is 11.4 Å². The van der Waals surface area contributed by atoms with Crippen molar-refractivity contribution in [1.29, 1.82) is 0 Å². The van der Waals surface area contributed by atoms with E-state index in [1.807, 2.05) is 30.3 Å². The van der Waals surface area contributed by atoms with E-state index in [2.05, 4.69) is 42.5 Å². The number of carbonyl (C=O) groups is 1. The first-order valence-corrected chi connectivity index (χ1v) is 17.6. The van der Waals surface area contributed by atoms with Crippen molar-refractivity contribution < 1.29 is 9.53 Å². The van der Waals surface area contributed by atoms with Crippen LogP contribution in [-0.2, 0) is 4.74 Å². The van der Waals surface area contributed by atoms with Gasteiger partial charge >= 0.3 is 0 Å². The molecule has 0 atom stereocenters. The number of hydrogen-bond donors (Lipinski definition) is 3. The number of ether oxygens (including phenoxy) is 1. The largest absolute Gasteiger partial charge is 0.380 e. The SMILES string of the molecule is NC(=O)c1nc(-c2ccccn2)c(NC2CCC3(CC2)COC3)nc1Nc1ccc(N2CCC(N3CCN(C4CC4)CC3)CC2)cc1. The second-order valence-electron chi connectivity index (χ2n) is 14.3. The molecular formula is C36H47N9O2. The van der Waals surface area contributed by atoms with Gasteiger partial charge in [0.2, 0.25) is 0 Å². The highest BCUT2D eigenvalue weighted by Gasteiger charge is 2.42. The van der Waals surface area contributed by atoms with Crippen LogP contribution >= 0.6 is 0 Å². The van der Waals surface area contributed by atoms with E-state index in [9.17, 15) is 4.79 Å². The van der Waals surface area contributed by atoms with Gasteiger partial charge in [0.15, 0.2) is 17.3 Å². The van der Waals surface area contributed by atoms with Crippen LogP contribution in [0.4, 0.5) is 23.0 Å². The van der Waals surface area contributed by atoms with Crippen molar-refractivity contribution in [1.82, 2.24) is 24.8 Å². The number of primary amides is 1. The first-order chi connectivity index (χ1) is 23.0. The monoisotopic (exact) mass is 637 g/mol. The van der Waals surface area contributed by atoms with Crippen molar-refractivity contribution >= 4 is 28.9 Å². The zero-order valence-electron chi connectivity index (χ0n) is 27.2.